The number of rotatable bonds is 4. The zero-order chi connectivity index (χ0) is 22.1. The first-order valence-corrected chi connectivity index (χ1v) is 10.7. The first kappa shape index (κ1) is 20.5. The molecule has 1 aromatic carbocycles. The standard InChI is InChI=1S/C23H21ClFN7/c1-31-9-11-32(12-10-31)23-27-8-6-21(30-23)28-19-14-20(17-13-15(24)4-5-18(17)25)29-22-16(19)3-2-7-26-22/h2-8,13-14H,9-12H2,1H3,(H,26,27,28,29,30). The third-order valence-electron chi connectivity index (χ3n) is 5.48. The molecule has 0 spiro atoms. The van der Waals surface area contributed by atoms with Gasteiger partial charge in [-0.3, -0.25) is 0 Å². The molecule has 1 fully saturated rings. The van der Waals surface area contributed by atoms with E-state index >= 15 is 0 Å². The minimum atomic E-state index is -0.400. The van der Waals surface area contributed by atoms with Crippen LogP contribution in [0.15, 0.2) is 54.9 Å². The van der Waals surface area contributed by atoms with Gasteiger partial charge in [-0.15, -0.1) is 0 Å². The molecule has 0 unspecified atom stereocenters. The molecule has 32 heavy (non-hydrogen) atoms. The Bertz CT molecular complexity index is 1270. The number of hydrogen-bond acceptors (Lipinski definition) is 7. The number of pyridine rings is 2. The van der Waals surface area contributed by atoms with Crippen LogP contribution in [0, 0.1) is 5.82 Å². The summed E-state index contributed by atoms with van der Waals surface area (Å²) in [5.74, 6) is 0.922. The molecule has 5 rings (SSSR count). The number of hydrogen-bond donors (Lipinski definition) is 1. The van der Waals surface area contributed by atoms with Crippen molar-refractivity contribution < 1.29 is 4.39 Å². The zero-order valence-corrected chi connectivity index (χ0v) is 18.2. The van der Waals surface area contributed by atoms with Crippen molar-refractivity contribution in [1.82, 2.24) is 24.8 Å². The Kier molecular flexibility index (Phi) is 5.55. The number of anilines is 3. The lowest BCUT2D eigenvalue weighted by molar-refractivity contribution is 0.311. The molecule has 162 valence electrons. The van der Waals surface area contributed by atoms with E-state index < -0.39 is 5.82 Å². The fourth-order valence-electron chi connectivity index (χ4n) is 3.71. The SMILES string of the molecule is CN1CCN(c2nccc(Nc3cc(-c4cc(Cl)ccc4F)nc4ncccc34)n2)CC1. The van der Waals surface area contributed by atoms with E-state index in [-0.39, 0.29) is 0 Å². The van der Waals surface area contributed by atoms with Crippen LogP contribution >= 0.6 is 11.6 Å². The minimum Gasteiger partial charge on any atom is -0.339 e. The molecule has 1 aliphatic rings. The van der Waals surface area contributed by atoms with Gasteiger partial charge in [0, 0.05) is 54.5 Å². The van der Waals surface area contributed by atoms with Gasteiger partial charge >= 0.3 is 0 Å². The summed E-state index contributed by atoms with van der Waals surface area (Å²) in [7, 11) is 2.11. The van der Waals surface area contributed by atoms with E-state index in [4.69, 9.17) is 16.6 Å². The second-order valence-corrected chi connectivity index (χ2v) is 8.15. The Morgan fingerprint density at radius 2 is 1.81 bits per heavy atom. The third-order valence-corrected chi connectivity index (χ3v) is 5.72. The maximum absolute atomic E-state index is 14.5. The Labute approximate surface area is 189 Å². The van der Waals surface area contributed by atoms with Crippen LogP contribution in [0.1, 0.15) is 0 Å². The van der Waals surface area contributed by atoms with E-state index in [9.17, 15) is 4.39 Å². The molecule has 3 aromatic heterocycles. The highest BCUT2D eigenvalue weighted by atomic mass is 35.5. The normalized spacial score (nSPS) is 14.7. The lowest BCUT2D eigenvalue weighted by atomic mass is 10.1. The van der Waals surface area contributed by atoms with Crippen molar-refractivity contribution in [3.05, 3.63) is 65.7 Å². The van der Waals surface area contributed by atoms with Crippen molar-refractivity contribution in [1.29, 1.82) is 0 Å². The fourth-order valence-corrected chi connectivity index (χ4v) is 3.88. The molecule has 1 N–H and O–H groups in total. The number of likely N-dealkylation sites (N-methyl/N-ethyl adjacent to an activating group) is 1. The molecule has 4 heterocycles. The maximum atomic E-state index is 14.5. The summed E-state index contributed by atoms with van der Waals surface area (Å²) >= 11 is 6.10. The van der Waals surface area contributed by atoms with E-state index in [0.717, 1.165) is 37.3 Å². The van der Waals surface area contributed by atoms with Gasteiger partial charge in [-0.1, -0.05) is 11.6 Å². The van der Waals surface area contributed by atoms with Gasteiger partial charge in [-0.25, -0.2) is 19.3 Å². The molecule has 0 amide bonds. The highest BCUT2D eigenvalue weighted by Crippen LogP contribution is 2.32. The summed E-state index contributed by atoms with van der Waals surface area (Å²) in [4.78, 5) is 22.5. The topological polar surface area (TPSA) is 70.1 Å². The van der Waals surface area contributed by atoms with Crippen LogP contribution in [0.2, 0.25) is 5.02 Å². The van der Waals surface area contributed by atoms with E-state index in [1.54, 1.807) is 24.5 Å². The van der Waals surface area contributed by atoms with E-state index in [1.165, 1.54) is 12.1 Å². The van der Waals surface area contributed by atoms with Crippen LogP contribution < -0.4 is 10.2 Å². The monoisotopic (exact) mass is 449 g/mol. The molecular formula is C23H21ClFN7. The second-order valence-electron chi connectivity index (χ2n) is 7.71. The van der Waals surface area contributed by atoms with Crippen LogP contribution in [-0.4, -0.2) is 58.1 Å². The Hall–Kier alpha value is -3.36. The van der Waals surface area contributed by atoms with E-state index in [2.05, 4.69) is 37.1 Å². The van der Waals surface area contributed by atoms with Crippen molar-refractivity contribution in [2.24, 2.45) is 0 Å². The first-order chi connectivity index (χ1) is 15.6. The van der Waals surface area contributed by atoms with Gasteiger partial charge in [0.1, 0.15) is 11.6 Å². The second kappa shape index (κ2) is 8.64. The summed E-state index contributed by atoms with van der Waals surface area (Å²) in [6, 6.07) is 11.8. The van der Waals surface area contributed by atoms with Gasteiger partial charge in [0.2, 0.25) is 5.95 Å². The molecule has 0 aliphatic carbocycles. The molecular weight excluding hydrogens is 429 g/mol. The summed E-state index contributed by atoms with van der Waals surface area (Å²) < 4.78 is 14.5. The number of fused-ring (bicyclic) bond motifs is 1. The average Bonchev–Trinajstić information content (AvgIpc) is 2.81. The van der Waals surface area contributed by atoms with E-state index in [0.29, 0.717) is 33.7 Å². The van der Waals surface area contributed by atoms with Gasteiger partial charge in [0.15, 0.2) is 5.65 Å². The number of nitrogens with zero attached hydrogens (tertiary/aromatic N) is 6. The van der Waals surface area contributed by atoms with Crippen molar-refractivity contribution in [2.75, 3.05) is 43.4 Å². The fraction of sp³-hybridized carbons (Fsp3) is 0.217. The Morgan fingerprint density at radius 3 is 2.66 bits per heavy atom. The largest absolute Gasteiger partial charge is 0.339 e. The third kappa shape index (κ3) is 4.19. The number of aromatic nitrogens is 4. The molecule has 1 aliphatic heterocycles. The van der Waals surface area contributed by atoms with Crippen LogP contribution in [0.4, 0.5) is 21.8 Å². The molecule has 0 bridgehead atoms. The lowest BCUT2D eigenvalue weighted by Gasteiger charge is -2.32. The molecule has 0 saturated carbocycles. The first-order valence-electron chi connectivity index (χ1n) is 10.3. The predicted molar refractivity (Wildman–Crippen MR) is 125 cm³/mol. The van der Waals surface area contributed by atoms with Gasteiger partial charge < -0.3 is 15.1 Å². The molecule has 7 nitrogen and oxygen atoms in total. The minimum absolute atomic E-state index is 0.314. The summed E-state index contributed by atoms with van der Waals surface area (Å²) in [5, 5.41) is 4.60. The zero-order valence-electron chi connectivity index (χ0n) is 17.5. The van der Waals surface area contributed by atoms with Gasteiger partial charge in [-0.05, 0) is 49.5 Å². The number of piperazine rings is 1. The number of halogens is 2. The molecule has 0 atom stereocenters. The Morgan fingerprint density at radius 1 is 0.969 bits per heavy atom. The molecule has 9 heteroatoms. The average molecular weight is 450 g/mol. The highest BCUT2D eigenvalue weighted by Gasteiger charge is 2.17. The predicted octanol–water partition coefficient (Wildman–Crippen LogP) is 4.37. The van der Waals surface area contributed by atoms with Gasteiger partial charge in [0.25, 0.3) is 0 Å². The van der Waals surface area contributed by atoms with Crippen LogP contribution in [0.3, 0.4) is 0 Å². The van der Waals surface area contributed by atoms with Crippen molar-refractivity contribution in [3.8, 4) is 11.3 Å². The molecule has 0 radical (unpaired) electrons. The highest BCUT2D eigenvalue weighted by molar-refractivity contribution is 6.30. The lowest BCUT2D eigenvalue weighted by Crippen LogP contribution is -2.45. The maximum Gasteiger partial charge on any atom is 0.227 e. The van der Waals surface area contributed by atoms with E-state index in [1.807, 2.05) is 18.2 Å². The van der Waals surface area contributed by atoms with Crippen LogP contribution in [-0.2, 0) is 0 Å². The van der Waals surface area contributed by atoms with Crippen molar-refractivity contribution in [3.63, 3.8) is 0 Å². The quantitative estimate of drug-likeness (QED) is 0.496. The van der Waals surface area contributed by atoms with Crippen molar-refractivity contribution >= 4 is 40.1 Å². The summed E-state index contributed by atoms with van der Waals surface area (Å²) in [5.41, 5.74) is 1.97. The molecule has 4 aromatic rings. The number of nitrogens with one attached hydrogen (secondary N) is 1. The summed E-state index contributed by atoms with van der Waals surface area (Å²) in [6.07, 6.45) is 3.40. The van der Waals surface area contributed by atoms with Gasteiger partial charge in [-0.2, -0.15) is 4.98 Å². The Balaban J connectivity index is 1.53. The van der Waals surface area contributed by atoms with Crippen molar-refractivity contribution in [2.45, 2.75) is 0 Å². The molecule has 1 saturated heterocycles. The summed E-state index contributed by atoms with van der Waals surface area (Å²) in [6.45, 7) is 3.69. The van der Waals surface area contributed by atoms with Crippen LogP contribution in [0.25, 0.3) is 22.3 Å². The smallest absolute Gasteiger partial charge is 0.227 e. The number of benzene rings is 1. The van der Waals surface area contributed by atoms with Crippen LogP contribution in [0.5, 0.6) is 0 Å². The van der Waals surface area contributed by atoms with Gasteiger partial charge in [0.05, 0.1) is 11.4 Å².